The SMILES string of the molecule is C=CCNC(=O)CC(=O)NC1CCS(=O)(=O)C1. The highest BCUT2D eigenvalue weighted by molar-refractivity contribution is 7.91. The Labute approximate surface area is 100 Å². The molecule has 1 atom stereocenters. The molecule has 0 radical (unpaired) electrons. The van der Waals surface area contributed by atoms with E-state index >= 15 is 0 Å². The summed E-state index contributed by atoms with van der Waals surface area (Å²) in [5.41, 5.74) is 0. The first-order chi connectivity index (χ1) is 7.93. The van der Waals surface area contributed by atoms with Gasteiger partial charge in [0, 0.05) is 12.6 Å². The highest BCUT2D eigenvalue weighted by Gasteiger charge is 2.29. The molecule has 0 aromatic rings. The summed E-state index contributed by atoms with van der Waals surface area (Å²) in [5, 5.41) is 5.01. The summed E-state index contributed by atoms with van der Waals surface area (Å²) in [6.45, 7) is 3.74. The van der Waals surface area contributed by atoms with Crippen molar-refractivity contribution >= 4 is 21.7 Å². The van der Waals surface area contributed by atoms with Crippen LogP contribution >= 0.6 is 0 Å². The first-order valence-corrected chi connectivity index (χ1v) is 7.12. The lowest BCUT2D eigenvalue weighted by Crippen LogP contribution is -2.38. The molecule has 1 unspecified atom stereocenters. The summed E-state index contributed by atoms with van der Waals surface area (Å²) < 4.78 is 22.3. The molecule has 2 N–H and O–H groups in total. The summed E-state index contributed by atoms with van der Waals surface area (Å²) in [6.07, 6.45) is 1.64. The van der Waals surface area contributed by atoms with Gasteiger partial charge < -0.3 is 10.6 Å². The molecule has 6 nitrogen and oxygen atoms in total. The smallest absolute Gasteiger partial charge is 0.229 e. The molecule has 0 saturated carbocycles. The number of carbonyl (C=O) groups excluding carboxylic acids is 2. The van der Waals surface area contributed by atoms with Crippen LogP contribution < -0.4 is 10.6 Å². The number of rotatable bonds is 5. The lowest BCUT2D eigenvalue weighted by atomic mass is 10.2. The summed E-state index contributed by atoms with van der Waals surface area (Å²) in [4.78, 5) is 22.6. The number of hydrogen-bond acceptors (Lipinski definition) is 4. The van der Waals surface area contributed by atoms with Gasteiger partial charge in [-0.3, -0.25) is 9.59 Å². The first kappa shape index (κ1) is 13.7. The molecule has 0 spiro atoms. The normalized spacial score (nSPS) is 21.8. The molecule has 1 fully saturated rings. The van der Waals surface area contributed by atoms with Gasteiger partial charge in [0.05, 0.1) is 11.5 Å². The summed E-state index contributed by atoms with van der Waals surface area (Å²) in [5.74, 6) is -0.787. The quantitative estimate of drug-likeness (QED) is 0.489. The van der Waals surface area contributed by atoms with Crippen molar-refractivity contribution < 1.29 is 18.0 Å². The van der Waals surface area contributed by atoms with Crippen LogP contribution in [0.2, 0.25) is 0 Å². The van der Waals surface area contributed by atoms with Crippen molar-refractivity contribution in [1.82, 2.24) is 10.6 Å². The Kier molecular flexibility index (Phi) is 4.68. The average Bonchev–Trinajstić information content (AvgIpc) is 2.54. The second kappa shape index (κ2) is 5.81. The van der Waals surface area contributed by atoms with Gasteiger partial charge in [-0.05, 0) is 6.42 Å². The molecule has 7 heteroatoms. The molecule has 1 aliphatic rings. The maximum absolute atomic E-state index is 11.4. The predicted molar refractivity (Wildman–Crippen MR) is 63.0 cm³/mol. The minimum absolute atomic E-state index is 0.0347. The standard InChI is InChI=1S/C10H16N2O4S/c1-2-4-11-9(13)6-10(14)12-8-3-5-17(15,16)7-8/h2,8H,1,3-7H2,(H,11,13)(H,12,14). The van der Waals surface area contributed by atoms with Crippen LogP contribution in [-0.4, -0.2) is 44.3 Å². The molecule has 0 bridgehead atoms. The Hall–Kier alpha value is -1.37. The van der Waals surface area contributed by atoms with Gasteiger partial charge in [0.2, 0.25) is 11.8 Å². The summed E-state index contributed by atoms with van der Waals surface area (Å²) >= 11 is 0. The molecule has 1 heterocycles. The van der Waals surface area contributed by atoms with Gasteiger partial charge in [-0.15, -0.1) is 6.58 Å². The topological polar surface area (TPSA) is 92.3 Å². The van der Waals surface area contributed by atoms with E-state index in [1.54, 1.807) is 0 Å². The van der Waals surface area contributed by atoms with Crippen LogP contribution in [0.5, 0.6) is 0 Å². The van der Waals surface area contributed by atoms with Gasteiger partial charge in [0.1, 0.15) is 6.42 Å². The van der Waals surface area contributed by atoms with Crippen molar-refractivity contribution in [2.45, 2.75) is 18.9 Å². The van der Waals surface area contributed by atoms with Crippen molar-refractivity contribution in [2.75, 3.05) is 18.1 Å². The Balaban J connectivity index is 2.30. The molecule has 0 aromatic carbocycles. The van der Waals surface area contributed by atoms with Crippen LogP contribution in [0.15, 0.2) is 12.7 Å². The Morgan fingerprint density at radius 2 is 2.06 bits per heavy atom. The lowest BCUT2D eigenvalue weighted by Gasteiger charge is -2.10. The van der Waals surface area contributed by atoms with Crippen LogP contribution in [0.25, 0.3) is 0 Å². The number of sulfone groups is 1. The fourth-order valence-electron chi connectivity index (χ4n) is 1.58. The summed E-state index contributed by atoms with van der Waals surface area (Å²) in [7, 11) is -3.01. The van der Waals surface area contributed by atoms with Gasteiger partial charge in [-0.2, -0.15) is 0 Å². The number of nitrogens with one attached hydrogen (secondary N) is 2. The molecule has 96 valence electrons. The van der Waals surface area contributed by atoms with Gasteiger partial charge >= 0.3 is 0 Å². The molecule has 17 heavy (non-hydrogen) atoms. The number of amides is 2. The van der Waals surface area contributed by atoms with Crippen LogP contribution in [0.4, 0.5) is 0 Å². The average molecular weight is 260 g/mol. The van der Waals surface area contributed by atoms with E-state index in [9.17, 15) is 18.0 Å². The molecule has 2 amide bonds. The Morgan fingerprint density at radius 1 is 1.35 bits per heavy atom. The van der Waals surface area contributed by atoms with Crippen molar-refractivity contribution in [3.8, 4) is 0 Å². The van der Waals surface area contributed by atoms with Crippen molar-refractivity contribution in [2.24, 2.45) is 0 Å². The van der Waals surface area contributed by atoms with E-state index in [-0.39, 0.29) is 24.0 Å². The summed E-state index contributed by atoms with van der Waals surface area (Å²) in [6, 6.07) is -0.361. The molecule has 0 aromatic heterocycles. The number of hydrogen-bond donors (Lipinski definition) is 2. The second-order valence-electron chi connectivity index (χ2n) is 3.94. The third-order valence-electron chi connectivity index (χ3n) is 2.36. The van der Waals surface area contributed by atoms with Crippen LogP contribution in [0.3, 0.4) is 0 Å². The lowest BCUT2D eigenvalue weighted by molar-refractivity contribution is -0.129. The van der Waals surface area contributed by atoms with E-state index in [0.717, 1.165) is 0 Å². The van der Waals surface area contributed by atoms with Crippen LogP contribution in [0.1, 0.15) is 12.8 Å². The van der Waals surface area contributed by atoms with Crippen LogP contribution in [0, 0.1) is 0 Å². The minimum atomic E-state index is -3.01. The third-order valence-corrected chi connectivity index (χ3v) is 4.13. The largest absolute Gasteiger partial charge is 0.352 e. The zero-order valence-electron chi connectivity index (χ0n) is 9.44. The number of carbonyl (C=O) groups is 2. The van der Waals surface area contributed by atoms with Gasteiger partial charge in [0.15, 0.2) is 9.84 Å². The predicted octanol–water partition coefficient (Wildman–Crippen LogP) is -1.02. The highest BCUT2D eigenvalue weighted by Crippen LogP contribution is 2.11. The molecule has 1 rings (SSSR count). The maximum atomic E-state index is 11.4. The van der Waals surface area contributed by atoms with Crippen molar-refractivity contribution in [3.63, 3.8) is 0 Å². The van der Waals surface area contributed by atoms with E-state index in [0.29, 0.717) is 13.0 Å². The van der Waals surface area contributed by atoms with E-state index in [2.05, 4.69) is 17.2 Å². The van der Waals surface area contributed by atoms with Gasteiger partial charge in [-0.25, -0.2) is 8.42 Å². The first-order valence-electron chi connectivity index (χ1n) is 5.30. The van der Waals surface area contributed by atoms with Crippen LogP contribution in [-0.2, 0) is 19.4 Å². The highest BCUT2D eigenvalue weighted by atomic mass is 32.2. The zero-order valence-corrected chi connectivity index (χ0v) is 10.3. The molecular formula is C10H16N2O4S. The van der Waals surface area contributed by atoms with Gasteiger partial charge in [0.25, 0.3) is 0 Å². The molecule has 1 saturated heterocycles. The maximum Gasteiger partial charge on any atom is 0.229 e. The molecule has 1 aliphatic heterocycles. The van der Waals surface area contributed by atoms with Gasteiger partial charge in [-0.1, -0.05) is 6.08 Å². The fourth-order valence-corrected chi connectivity index (χ4v) is 3.26. The van der Waals surface area contributed by atoms with E-state index in [1.807, 2.05) is 0 Å². The third kappa shape index (κ3) is 4.99. The van der Waals surface area contributed by atoms with E-state index < -0.39 is 21.7 Å². The minimum Gasteiger partial charge on any atom is -0.352 e. The van der Waals surface area contributed by atoms with Crippen molar-refractivity contribution in [1.29, 1.82) is 0 Å². The molecule has 0 aliphatic carbocycles. The Bertz CT molecular complexity index is 416. The monoisotopic (exact) mass is 260 g/mol. The van der Waals surface area contributed by atoms with E-state index in [4.69, 9.17) is 0 Å². The second-order valence-corrected chi connectivity index (χ2v) is 6.17. The van der Waals surface area contributed by atoms with E-state index in [1.165, 1.54) is 6.08 Å². The fraction of sp³-hybridized carbons (Fsp3) is 0.600. The molecular weight excluding hydrogens is 244 g/mol. The Morgan fingerprint density at radius 3 is 2.59 bits per heavy atom. The van der Waals surface area contributed by atoms with Crippen molar-refractivity contribution in [3.05, 3.63) is 12.7 Å². The zero-order chi connectivity index (χ0) is 12.9.